The minimum atomic E-state index is 0.340. The minimum Gasteiger partial charge on any atom is -0.508 e. The lowest BCUT2D eigenvalue weighted by atomic mass is 9.93. The number of nitrogens with one attached hydrogen (secondary N) is 1. The quantitative estimate of drug-likeness (QED) is 0.405. The van der Waals surface area contributed by atoms with E-state index in [9.17, 15) is 5.11 Å². The molecule has 0 atom stereocenters. The van der Waals surface area contributed by atoms with Gasteiger partial charge in [-0.05, 0) is 71.9 Å². The lowest BCUT2D eigenvalue weighted by Gasteiger charge is -2.23. The van der Waals surface area contributed by atoms with E-state index in [-0.39, 0.29) is 0 Å². The molecule has 0 aliphatic carbocycles. The molecule has 0 radical (unpaired) electrons. The molecular formula is C28H29NO2. The highest BCUT2D eigenvalue weighted by molar-refractivity contribution is 5.91. The number of phenolic OH excluding ortho intramolecular Hbond substituents is 1. The predicted molar refractivity (Wildman–Crippen MR) is 128 cm³/mol. The highest BCUT2D eigenvalue weighted by atomic mass is 16.5. The van der Waals surface area contributed by atoms with Crippen molar-refractivity contribution in [3.63, 3.8) is 0 Å². The maximum Gasteiger partial charge on any atom is 0.123 e. The normalized spacial score (nSPS) is 14.8. The number of fused-ring (bicyclic) bond motifs is 2. The third-order valence-electron chi connectivity index (χ3n) is 6.61. The summed E-state index contributed by atoms with van der Waals surface area (Å²) < 4.78 is 6.37. The van der Waals surface area contributed by atoms with Crippen molar-refractivity contribution in [2.75, 3.05) is 19.7 Å². The van der Waals surface area contributed by atoms with Gasteiger partial charge in [0.2, 0.25) is 0 Å². The van der Waals surface area contributed by atoms with Crippen LogP contribution in [0.1, 0.15) is 30.4 Å². The number of benzene rings is 4. The van der Waals surface area contributed by atoms with Gasteiger partial charge in [-0.25, -0.2) is 0 Å². The predicted octanol–water partition coefficient (Wildman–Crippen LogP) is 6.06. The molecule has 0 aromatic heterocycles. The number of aromatic hydroxyl groups is 1. The van der Waals surface area contributed by atoms with Crippen LogP contribution in [0.15, 0.2) is 72.8 Å². The van der Waals surface area contributed by atoms with E-state index in [0.29, 0.717) is 12.2 Å². The Morgan fingerprint density at radius 3 is 2.16 bits per heavy atom. The van der Waals surface area contributed by atoms with Crippen LogP contribution in [0.4, 0.5) is 0 Å². The van der Waals surface area contributed by atoms with Crippen LogP contribution in [0, 0.1) is 5.92 Å². The zero-order valence-electron chi connectivity index (χ0n) is 17.8. The first-order chi connectivity index (χ1) is 15.3. The van der Waals surface area contributed by atoms with Crippen molar-refractivity contribution in [1.29, 1.82) is 0 Å². The summed E-state index contributed by atoms with van der Waals surface area (Å²) in [5, 5.41) is 18.8. The Bertz CT molecular complexity index is 1190. The van der Waals surface area contributed by atoms with Gasteiger partial charge < -0.3 is 15.2 Å². The van der Waals surface area contributed by atoms with Gasteiger partial charge >= 0.3 is 0 Å². The molecule has 4 aromatic carbocycles. The van der Waals surface area contributed by atoms with Crippen LogP contribution < -0.4 is 10.1 Å². The van der Waals surface area contributed by atoms with Crippen LogP contribution in [-0.4, -0.2) is 24.8 Å². The molecule has 158 valence electrons. The molecule has 0 bridgehead atoms. The molecule has 1 fully saturated rings. The third kappa shape index (κ3) is 4.24. The molecule has 0 spiro atoms. The average Bonchev–Trinajstić information content (AvgIpc) is 2.82. The van der Waals surface area contributed by atoms with E-state index in [1.807, 2.05) is 18.2 Å². The van der Waals surface area contributed by atoms with E-state index >= 15 is 0 Å². The standard InChI is InChI=1S/C28H29NO2/c30-27-11-9-21-5-1-3-7-23(21)25(27)19-26-24-8-4-2-6-22(24)10-12-28(26)31-18-15-20-13-16-29-17-14-20/h1-12,20,29-30H,13-19H2. The van der Waals surface area contributed by atoms with Crippen molar-refractivity contribution >= 4 is 21.5 Å². The molecule has 0 unspecified atom stereocenters. The molecule has 1 aliphatic rings. The highest BCUT2D eigenvalue weighted by Gasteiger charge is 2.16. The van der Waals surface area contributed by atoms with Crippen molar-refractivity contribution in [1.82, 2.24) is 5.32 Å². The van der Waals surface area contributed by atoms with E-state index in [0.717, 1.165) is 59.7 Å². The maximum absolute atomic E-state index is 10.7. The Labute approximate surface area is 183 Å². The highest BCUT2D eigenvalue weighted by Crippen LogP contribution is 2.35. The monoisotopic (exact) mass is 411 g/mol. The molecule has 3 nitrogen and oxygen atoms in total. The summed E-state index contributed by atoms with van der Waals surface area (Å²) >= 11 is 0. The lowest BCUT2D eigenvalue weighted by molar-refractivity contribution is 0.250. The van der Waals surface area contributed by atoms with E-state index in [2.05, 4.69) is 53.8 Å². The SMILES string of the molecule is Oc1ccc2ccccc2c1Cc1c(OCCC2CCNCC2)ccc2ccccc12. The molecule has 5 rings (SSSR count). The van der Waals surface area contributed by atoms with Gasteiger partial charge in [0.15, 0.2) is 0 Å². The first-order valence-corrected chi connectivity index (χ1v) is 11.3. The number of rotatable bonds is 6. The van der Waals surface area contributed by atoms with Gasteiger partial charge in [-0.3, -0.25) is 0 Å². The average molecular weight is 412 g/mol. The molecular weight excluding hydrogens is 382 g/mol. The van der Waals surface area contributed by atoms with Gasteiger partial charge in [-0.15, -0.1) is 0 Å². The summed E-state index contributed by atoms with van der Waals surface area (Å²) in [5.74, 6) is 2.01. The summed E-state index contributed by atoms with van der Waals surface area (Å²) in [5.41, 5.74) is 2.10. The van der Waals surface area contributed by atoms with Crippen molar-refractivity contribution in [2.45, 2.75) is 25.7 Å². The maximum atomic E-state index is 10.7. The zero-order valence-corrected chi connectivity index (χ0v) is 17.8. The Morgan fingerprint density at radius 2 is 1.42 bits per heavy atom. The van der Waals surface area contributed by atoms with Crippen LogP contribution in [0.2, 0.25) is 0 Å². The number of ether oxygens (including phenoxy) is 1. The molecule has 0 amide bonds. The van der Waals surface area contributed by atoms with Crippen LogP contribution in [-0.2, 0) is 6.42 Å². The smallest absolute Gasteiger partial charge is 0.123 e. The summed E-state index contributed by atoms with van der Waals surface area (Å²) in [6, 6.07) is 24.7. The zero-order chi connectivity index (χ0) is 21.0. The van der Waals surface area contributed by atoms with Crippen molar-refractivity contribution < 1.29 is 9.84 Å². The molecule has 3 heteroatoms. The molecule has 0 saturated carbocycles. The second-order valence-corrected chi connectivity index (χ2v) is 8.56. The van der Waals surface area contributed by atoms with Gasteiger partial charge in [0.25, 0.3) is 0 Å². The minimum absolute atomic E-state index is 0.340. The topological polar surface area (TPSA) is 41.5 Å². The van der Waals surface area contributed by atoms with Gasteiger partial charge in [0, 0.05) is 17.5 Å². The molecule has 2 N–H and O–H groups in total. The van der Waals surface area contributed by atoms with Gasteiger partial charge in [0.1, 0.15) is 11.5 Å². The van der Waals surface area contributed by atoms with Crippen LogP contribution in [0.3, 0.4) is 0 Å². The number of phenols is 1. The Hall–Kier alpha value is -3.04. The summed E-state index contributed by atoms with van der Waals surface area (Å²) in [7, 11) is 0. The first kappa shape index (κ1) is 19.9. The third-order valence-corrected chi connectivity index (χ3v) is 6.61. The molecule has 4 aromatic rings. The van der Waals surface area contributed by atoms with Gasteiger partial charge in [-0.1, -0.05) is 60.7 Å². The molecule has 1 saturated heterocycles. The number of hydrogen-bond donors (Lipinski definition) is 2. The fraction of sp³-hybridized carbons (Fsp3) is 0.286. The molecule has 31 heavy (non-hydrogen) atoms. The van der Waals surface area contributed by atoms with Crippen LogP contribution in [0.25, 0.3) is 21.5 Å². The van der Waals surface area contributed by atoms with E-state index in [4.69, 9.17) is 4.74 Å². The first-order valence-electron chi connectivity index (χ1n) is 11.3. The largest absolute Gasteiger partial charge is 0.508 e. The van der Waals surface area contributed by atoms with Crippen molar-refractivity contribution in [3.05, 3.63) is 83.9 Å². The fourth-order valence-electron chi connectivity index (χ4n) is 4.83. The summed E-state index contributed by atoms with van der Waals surface area (Å²) in [4.78, 5) is 0. The Morgan fingerprint density at radius 1 is 0.774 bits per heavy atom. The number of hydrogen-bond acceptors (Lipinski definition) is 3. The second-order valence-electron chi connectivity index (χ2n) is 8.56. The summed E-state index contributed by atoms with van der Waals surface area (Å²) in [6.07, 6.45) is 4.19. The Kier molecular flexibility index (Phi) is 5.77. The van der Waals surface area contributed by atoms with E-state index < -0.39 is 0 Å². The van der Waals surface area contributed by atoms with Gasteiger partial charge in [-0.2, -0.15) is 0 Å². The van der Waals surface area contributed by atoms with Crippen molar-refractivity contribution in [2.24, 2.45) is 5.92 Å². The molecule has 1 heterocycles. The Balaban J connectivity index is 1.49. The van der Waals surface area contributed by atoms with E-state index in [1.54, 1.807) is 6.07 Å². The summed E-state index contributed by atoms with van der Waals surface area (Å²) in [6.45, 7) is 2.97. The lowest BCUT2D eigenvalue weighted by Crippen LogP contribution is -2.28. The van der Waals surface area contributed by atoms with Crippen LogP contribution in [0.5, 0.6) is 11.5 Å². The fourth-order valence-corrected chi connectivity index (χ4v) is 4.83. The van der Waals surface area contributed by atoms with E-state index in [1.165, 1.54) is 23.6 Å². The number of piperidine rings is 1. The molecule has 1 aliphatic heterocycles. The second kappa shape index (κ2) is 8.99. The van der Waals surface area contributed by atoms with Gasteiger partial charge in [0.05, 0.1) is 6.61 Å². The van der Waals surface area contributed by atoms with Crippen molar-refractivity contribution in [3.8, 4) is 11.5 Å². The van der Waals surface area contributed by atoms with Crippen LogP contribution >= 0.6 is 0 Å².